The van der Waals surface area contributed by atoms with Gasteiger partial charge in [-0.1, -0.05) is 6.42 Å². The Morgan fingerprint density at radius 1 is 1.25 bits per heavy atom. The van der Waals surface area contributed by atoms with Gasteiger partial charge in [0.2, 0.25) is 11.8 Å². The lowest BCUT2D eigenvalue weighted by Crippen LogP contribution is -2.73. The Morgan fingerprint density at radius 2 is 1.95 bits per heavy atom. The fourth-order valence-electron chi connectivity index (χ4n) is 3.35. The second kappa shape index (κ2) is 5.00. The third-order valence-corrected chi connectivity index (χ3v) is 4.89. The van der Waals surface area contributed by atoms with Gasteiger partial charge in [0.15, 0.2) is 0 Å². The molecule has 1 N–H and O–H groups in total. The summed E-state index contributed by atoms with van der Waals surface area (Å²) in [4.78, 5) is 27.8. The molecule has 0 aromatic rings. The monoisotopic (exact) mass is 281 g/mol. The maximum atomic E-state index is 12.1. The standard InChI is InChI=1S/C14H23N3O3/c1-15-12(18)11-6-20-14(7-16(11)2)8-17(9-14)13(19)10-4-3-5-10/h10-11H,3-9H2,1-2H3,(H,15,18)/t11-/m1/s1. The van der Waals surface area contributed by atoms with E-state index in [-0.39, 0.29) is 23.5 Å². The van der Waals surface area contributed by atoms with E-state index in [9.17, 15) is 9.59 Å². The highest BCUT2D eigenvalue weighted by Crippen LogP contribution is 2.35. The molecular formula is C14H23N3O3. The minimum atomic E-state index is -0.251. The Bertz CT molecular complexity index is 416. The lowest BCUT2D eigenvalue weighted by atomic mass is 9.81. The van der Waals surface area contributed by atoms with E-state index in [1.54, 1.807) is 7.05 Å². The normalized spacial score (nSPS) is 29.7. The minimum Gasteiger partial charge on any atom is -0.368 e. The molecule has 112 valence electrons. The summed E-state index contributed by atoms with van der Waals surface area (Å²) in [6.45, 7) is 2.46. The van der Waals surface area contributed by atoms with Crippen LogP contribution in [-0.4, -0.2) is 73.6 Å². The lowest BCUT2D eigenvalue weighted by molar-refractivity contribution is -0.203. The lowest BCUT2D eigenvalue weighted by Gasteiger charge is -2.55. The number of nitrogens with one attached hydrogen (secondary N) is 1. The highest BCUT2D eigenvalue weighted by atomic mass is 16.5. The predicted molar refractivity (Wildman–Crippen MR) is 73.1 cm³/mol. The molecular weight excluding hydrogens is 258 g/mol. The van der Waals surface area contributed by atoms with Gasteiger partial charge in [-0.15, -0.1) is 0 Å². The first-order valence-electron chi connectivity index (χ1n) is 7.39. The largest absolute Gasteiger partial charge is 0.368 e. The number of carbonyl (C=O) groups excluding carboxylic acids is 2. The summed E-state index contributed by atoms with van der Waals surface area (Å²) in [6, 6.07) is -0.220. The van der Waals surface area contributed by atoms with Gasteiger partial charge < -0.3 is 15.0 Å². The molecule has 0 aromatic carbocycles. The fraction of sp³-hybridized carbons (Fsp3) is 0.857. The number of likely N-dealkylation sites (tertiary alicyclic amines) is 1. The van der Waals surface area contributed by atoms with Crippen molar-refractivity contribution in [3.8, 4) is 0 Å². The molecule has 0 bridgehead atoms. The topological polar surface area (TPSA) is 61.9 Å². The molecule has 0 aromatic heterocycles. The number of morpholine rings is 1. The van der Waals surface area contributed by atoms with Crippen molar-refractivity contribution in [2.24, 2.45) is 5.92 Å². The Balaban J connectivity index is 1.53. The summed E-state index contributed by atoms with van der Waals surface area (Å²) in [7, 11) is 3.59. The Morgan fingerprint density at radius 3 is 2.45 bits per heavy atom. The molecule has 2 aliphatic heterocycles. The maximum absolute atomic E-state index is 12.1. The molecule has 2 amide bonds. The van der Waals surface area contributed by atoms with Gasteiger partial charge in [-0.2, -0.15) is 0 Å². The Labute approximate surface area is 119 Å². The van der Waals surface area contributed by atoms with Gasteiger partial charge in [0.25, 0.3) is 0 Å². The molecule has 1 aliphatic carbocycles. The SMILES string of the molecule is CNC(=O)[C@H]1COC2(CN(C(=O)C3CCC3)C2)CN1C. The summed E-state index contributed by atoms with van der Waals surface area (Å²) >= 11 is 0. The van der Waals surface area contributed by atoms with Crippen LogP contribution in [0.3, 0.4) is 0 Å². The predicted octanol–water partition coefficient (Wildman–Crippen LogP) is -0.556. The van der Waals surface area contributed by atoms with Crippen LogP contribution in [0.25, 0.3) is 0 Å². The van der Waals surface area contributed by atoms with Crippen LogP contribution in [0.1, 0.15) is 19.3 Å². The average Bonchev–Trinajstić information content (AvgIpc) is 2.32. The van der Waals surface area contributed by atoms with Crippen LogP contribution in [0.2, 0.25) is 0 Å². The van der Waals surface area contributed by atoms with Crippen molar-refractivity contribution in [1.29, 1.82) is 0 Å². The number of rotatable bonds is 2. The summed E-state index contributed by atoms with van der Waals surface area (Å²) in [5.74, 6) is 0.540. The van der Waals surface area contributed by atoms with Crippen molar-refractivity contribution < 1.29 is 14.3 Å². The molecule has 0 radical (unpaired) electrons. The van der Waals surface area contributed by atoms with Gasteiger partial charge in [0.05, 0.1) is 19.7 Å². The summed E-state index contributed by atoms with van der Waals surface area (Å²) in [5.41, 5.74) is -0.251. The molecule has 3 fully saturated rings. The van der Waals surface area contributed by atoms with Crippen molar-refractivity contribution >= 4 is 11.8 Å². The van der Waals surface area contributed by atoms with Crippen LogP contribution in [0.5, 0.6) is 0 Å². The van der Waals surface area contributed by atoms with Gasteiger partial charge in [-0.25, -0.2) is 0 Å². The highest BCUT2D eigenvalue weighted by molar-refractivity contribution is 5.82. The van der Waals surface area contributed by atoms with Crippen LogP contribution in [0.4, 0.5) is 0 Å². The zero-order valence-electron chi connectivity index (χ0n) is 12.2. The van der Waals surface area contributed by atoms with Crippen molar-refractivity contribution in [3.05, 3.63) is 0 Å². The fourth-order valence-corrected chi connectivity index (χ4v) is 3.35. The second-order valence-corrected chi connectivity index (χ2v) is 6.36. The van der Waals surface area contributed by atoms with Crippen molar-refractivity contribution in [2.45, 2.75) is 30.9 Å². The third kappa shape index (κ3) is 2.20. The van der Waals surface area contributed by atoms with Crippen LogP contribution >= 0.6 is 0 Å². The number of hydrogen-bond donors (Lipinski definition) is 1. The molecule has 2 saturated heterocycles. The molecule has 20 heavy (non-hydrogen) atoms. The number of amides is 2. The van der Waals surface area contributed by atoms with Gasteiger partial charge in [0.1, 0.15) is 11.6 Å². The molecule has 0 unspecified atom stereocenters. The molecule has 1 atom stereocenters. The molecule has 6 heteroatoms. The smallest absolute Gasteiger partial charge is 0.239 e. The summed E-state index contributed by atoms with van der Waals surface area (Å²) in [5, 5.41) is 2.66. The molecule has 3 aliphatic rings. The highest BCUT2D eigenvalue weighted by Gasteiger charge is 2.52. The van der Waals surface area contributed by atoms with Crippen molar-refractivity contribution in [2.75, 3.05) is 40.3 Å². The van der Waals surface area contributed by atoms with E-state index in [1.807, 2.05) is 16.8 Å². The first-order valence-corrected chi connectivity index (χ1v) is 7.39. The zero-order chi connectivity index (χ0) is 14.3. The first-order chi connectivity index (χ1) is 9.54. The van der Waals surface area contributed by atoms with E-state index in [1.165, 1.54) is 6.42 Å². The van der Waals surface area contributed by atoms with Crippen LogP contribution < -0.4 is 5.32 Å². The molecule has 6 nitrogen and oxygen atoms in total. The number of nitrogens with zero attached hydrogens (tertiary/aromatic N) is 2. The van der Waals surface area contributed by atoms with E-state index < -0.39 is 0 Å². The van der Waals surface area contributed by atoms with Crippen LogP contribution in [-0.2, 0) is 14.3 Å². The first kappa shape index (κ1) is 13.8. The van der Waals surface area contributed by atoms with Crippen LogP contribution in [0, 0.1) is 5.92 Å². The summed E-state index contributed by atoms with van der Waals surface area (Å²) in [6.07, 6.45) is 3.27. The Kier molecular flexibility index (Phi) is 3.46. The Hall–Kier alpha value is -1.14. The van der Waals surface area contributed by atoms with E-state index in [4.69, 9.17) is 4.74 Å². The second-order valence-electron chi connectivity index (χ2n) is 6.36. The number of likely N-dealkylation sites (N-methyl/N-ethyl adjacent to an activating group) is 2. The number of carbonyl (C=O) groups is 2. The van der Waals surface area contributed by atoms with E-state index in [0.29, 0.717) is 32.1 Å². The molecule has 3 rings (SSSR count). The zero-order valence-corrected chi connectivity index (χ0v) is 12.2. The third-order valence-electron chi connectivity index (χ3n) is 4.89. The molecule has 1 saturated carbocycles. The molecule has 1 spiro atoms. The van der Waals surface area contributed by atoms with Crippen LogP contribution in [0.15, 0.2) is 0 Å². The van der Waals surface area contributed by atoms with Crippen molar-refractivity contribution in [1.82, 2.24) is 15.1 Å². The van der Waals surface area contributed by atoms with Gasteiger partial charge in [-0.05, 0) is 19.9 Å². The quantitative estimate of drug-likeness (QED) is 0.737. The summed E-state index contributed by atoms with van der Waals surface area (Å²) < 4.78 is 5.92. The number of ether oxygens (including phenoxy) is 1. The molecule has 2 heterocycles. The van der Waals surface area contributed by atoms with Gasteiger partial charge in [-0.3, -0.25) is 14.5 Å². The van der Waals surface area contributed by atoms with Crippen molar-refractivity contribution in [3.63, 3.8) is 0 Å². The van der Waals surface area contributed by atoms with Gasteiger partial charge in [0, 0.05) is 19.5 Å². The van der Waals surface area contributed by atoms with E-state index in [2.05, 4.69) is 5.32 Å². The van der Waals surface area contributed by atoms with E-state index >= 15 is 0 Å². The van der Waals surface area contributed by atoms with Gasteiger partial charge >= 0.3 is 0 Å². The maximum Gasteiger partial charge on any atom is 0.239 e. The minimum absolute atomic E-state index is 0.0101. The average molecular weight is 281 g/mol. The number of hydrogen-bond acceptors (Lipinski definition) is 4. The van der Waals surface area contributed by atoms with E-state index in [0.717, 1.165) is 12.8 Å².